The molecule has 1 aromatic heterocycles. The Morgan fingerprint density at radius 2 is 1.95 bits per heavy atom. The van der Waals surface area contributed by atoms with Crippen molar-refractivity contribution in [3.8, 4) is 11.5 Å². The Kier molecular flexibility index (Phi) is 3.34. The highest BCUT2D eigenvalue weighted by Crippen LogP contribution is 2.29. The highest BCUT2D eigenvalue weighted by Gasteiger charge is 2.29. The van der Waals surface area contributed by atoms with E-state index in [2.05, 4.69) is 42.2 Å². The number of aromatic nitrogens is 2. The largest absolute Gasteiger partial charge is 0.334 e. The van der Waals surface area contributed by atoms with Gasteiger partial charge in [0, 0.05) is 5.56 Å². The molecule has 0 unspecified atom stereocenters. The Balaban J connectivity index is 1.94. The molecule has 0 saturated carbocycles. The molecule has 0 radical (unpaired) electrons. The summed E-state index contributed by atoms with van der Waals surface area (Å²) >= 11 is 0. The van der Waals surface area contributed by atoms with Crippen LogP contribution >= 0.6 is 0 Å². The highest BCUT2D eigenvalue weighted by atomic mass is 16.5. The fourth-order valence-corrected chi connectivity index (χ4v) is 2.81. The van der Waals surface area contributed by atoms with E-state index >= 15 is 0 Å². The minimum absolute atomic E-state index is 0.488. The smallest absolute Gasteiger partial charge is 0.258 e. The van der Waals surface area contributed by atoms with Gasteiger partial charge in [0.25, 0.3) is 5.89 Å². The van der Waals surface area contributed by atoms with Crippen molar-refractivity contribution >= 4 is 0 Å². The van der Waals surface area contributed by atoms with Gasteiger partial charge in [0.1, 0.15) is 0 Å². The summed E-state index contributed by atoms with van der Waals surface area (Å²) in [5, 5.41) is 4.09. The summed E-state index contributed by atoms with van der Waals surface area (Å²) in [5.41, 5.74) is 9.68. The molecule has 4 nitrogen and oxygen atoms in total. The lowest BCUT2D eigenvalue weighted by atomic mass is 9.93. The molecule has 1 aliphatic carbocycles. The molecule has 0 saturated heterocycles. The molecule has 0 spiro atoms. The Labute approximate surface area is 119 Å². The third-order valence-corrected chi connectivity index (χ3v) is 4.48. The van der Waals surface area contributed by atoms with E-state index in [9.17, 15) is 0 Å². The topological polar surface area (TPSA) is 64.9 Å². The Morgan fingerprint density at radius 3 is 2.70 bits per heavy atom. The van der Waals surface area contributed by atoms with Crippen LogP contribution in [0.1, 0.15) is 50.1 Å². The van der Waals surface area contributed by atoms with Gasteiger partial charge in [-0.1, -0.05) is 25.1 Å². The van der Waals surface area contributed by atoms with Crippen molar-refractivity contribution in [2.24, 2.45) is 5.73 Å². The Hall–Kier alpha value is -1.68. The average molecular weight is 271 g/mol. The third-order valence-electron chi connectivity index (χ3n) is 4.48. The molecule has 20 heavy (non-hydrogen) atoms. The van der Waals surface area contributed by atoms with Gasteiger partial charge in [-0.05, 0) is 55.4 Å². The standard InChI is InChI=1S/C16H21N3O/c1-3-16(17,4-2)15-18-14(20-19-15)13-9-8-11-6-5-7-12(11)10-13/h8-10H,3-7,17H2,1-2H3. The molecule has 0 bridgehead atoms. The number of nitrogens with zero attached hydrogens (tertiary/aromatic N) is 2. The summed E-state index contributed by atoms with van der Waals surface area (Å²) < 4.78 is 5.42. The maximum atomic E-state index is 6.31. The lowest BCUT2D eigenvalue weighted by Gasteiger charge is -2.21. The van der Waals surface area contributed by atoms with Gasteiger partial charge in [-0.25, -0.2) is 0 Å². The third kappa shape index (κ3) is 2.14. The van der Waals surface area contributed by atoms with Crippen LogP contribution in [0.2, 0.25) is 0 Å². The van der Waals surface area contributed by atoms with Crippen LogP contribution in [0.15, 0.2) is 22.7 Å². The molecular weight excluding hydrogens is 250 g/mol. The van der Waals surface area contributed by atoms with Gasteiger partial charge in [-0.3, -0.25) is 0 Å². The molecule has 106 valence electrons. The zero-order chi connectivity index (χ0) is 14.2. The second-order valence-corrected chi connectivity index (χ2v) is 5.62. The summed E-state index contributed by atoms with van der Waals surface area (Å²) in [6.07, 6.45) is 5.17. The molecule has 0 atom stereocenters. The van der Waals surface area contributed by atoms with Crippen LogP contribution in [-0.4, -0.2) is 10.1 Å². The van der Waals surface area contributed by atoms with Gasteiger partial charge in [-0.15, -0.1) is 0 Å². The van der Waals surface area contributed by atoms with E-state index in [1.54, 1.807) is 0 Å². The van der Waals surface area contributed by atoms with Gasteiger partial charge >= 0.3 is 0 Å². The van der Waals surface area contributed by atoms with E-state index in [1.807, 2.05) is 0 Å². The van der Waals surface area contributed by atoms with Crippen molar-refractivity contribution in [3.05, 3.63) is 35.2 Å². The summed E-state index contributed by atoms with van der Waals surface area (Å²) in [4.78, 5) is 4.52. The minimum atomic E-state index is -0.488. The molecule has 3 rings (SSSR count). The number of hydrogen-bond donors (Lipinski definition) is 1. The van der Waals surface area contributed by atoms with Crippen molar-refractivity contribution in [1.29, 1.82) is 0 Å². The first-order chi connectivity index (χ1) is 9.66. The second-order valence-electron chi connectivity index (χ2n) is 5.62. The molecule has 2 N–H and O–H groups in total. The Bertz CT molecular complexity index is 614. The number of hydrogen-bond acceptors (Lipinski definition) is 4. The summed E-state index contributed by atoms with van der Waals surface area (Å²) in [5.74, 6) is 1.18. The van der Waals surface area contributed by atoms with E-state index in [0.717, 1.165) is 24.8 Å². The molecule has 1 heterocycles. The number of nitrogens with two attached hydrogens (primary N) is 1. The predicted molar refractivity (Wildman–Crippen MR) is 78.2 cm³/mol. The normalized spacial score (nSPS) is 14.6. The maximum Gasteiger partial charge on any atom is 0.258 e. The second kappa shape index (κ2) is 5.02. The number of aryl methyl sites for hydroxylation is 2. The number of rotatable bonds is 4. The molecule has 1 aliphatic rings. The zero-order valence-electron chi connectivity index (χ0n) is 12.1. The van der Waals surface area contributed by atoms with Crippen LogP contribution in [0.4, 0.5) is 0 Å². The summed E-state index contributed by atoms with van der Waals surface area (Å²) in [6, 6.07) is 6.42. The van der Waals surface area contributed by atoms with Gasteiger partial charge < -0.3 is 10.3 Å². The van der Waals surface area contributed by atoms with Gasteiger partial charge in [0.05, 0.1) is 5.54 Å². The van der Waals surface area contributed by atoms with E-state index in [4.69, 9.17) is 10.3 Å². The first-order valence-electron chi connectivity index (χ1n) is 7.41. The monoisotopic (exact) mass is 271 g/mol. The molecular formula is C16H21N3O. The van der Waals surface area contributed by atoms with Crippen molar-refractivity contribution < 1.29 is 4.52 Å². The van der Waals surface area contributed by atoms with Crippen LogP contribution in [0.5, 0.6) is 0 Å². The van der Waals surface area contributed by atoms with E-state index in [1.165, 1.54) is 24.0 Å². The summed E-state index contributed by atoms with van der Waals surface area (Å²) in [7, 11) is 0. The van der Waals surface area contributed by atoms with Crippen molar-refractivity contribution in [3.63, 3.8) is 0 Å². The lowest BCUT2D eigenvalue weighted by molar-refractivity contribution is 0.350. The van der Waals surface area contributed by atoms with Crippen molar-refractivity contribution in [2.75, 3.05) is 0 Å². The average Bonchev–Trinajstić information content (AvgIpc) is 3.14. The van der Waals surface area contributed by atoms with E-state index in [-0.39, 0.29) is 0 Å². The molecule has 0 fully saturated rings. The Morgan fingerprint density at radius 1 is 1.20 bits per heavy atom. The maximum absolute atomic E-state index is 6.31. The van der Waals surface area contributed by atoms with E-state index < -0.39 is 5.54 Å². The quantitative estimate of drug-likeness (QED) is 0.927. The van der Waals surface area contributed by atoms with Crippen LogP contribution in [0.25, 0.3) is 11.5 Å². The minimum Gasteiger partial charge on any atom is -0.334 e. The molecule has 4 heteroatoms. The van der Waals surface area contributed by atoms with Crippen molar-refractivity contribution in [1.82, 2.24) is 10.1 Å². The first kappa shape index (κ1) is 13.3. The lowest BCUT2D eigenvalue weighted by Crippen LogP contribution is -2.36. The highest BCUT2D eigenvalue weighted by molar-refractivity contribution is 5.56. The number of fused-ring (bicyclic) bond motifs is 1. The van der Waals surface area contributed by atoms with Crippen LogP contribution in [0, 0.1) is 0 Å². The van der Waals surface area contributed by atoms with Crippen LogP contribution < -0.4 is 5.73 Å². The molecule has 1 aromatic carbocycles. The molecule has 2 aromatic rings. The number of benzene rings is 1. The molecule has 0 amide bonds. The predicted octanol–water partition coefficient (Wildman–Crippen LogP) is 3.20. The van der Waals surface area contributed by atoms with Crippen LogP contribution in [0.3, 0.4) is 0 Å². The summed E-state index contributed by atoms with van der Waals surface area (Å²) in [6.45, 7) is 4.10. The van der Waals surface area contributed by atoms with Gasteiger partial charge in [0.2, 0.25) is 0 Å². The first-order valence-corrected chi connectivity index (χ1v) is 7.41. The SMILES string of the molecule is CCC(N)(CC)c1noc(-c2ccc3c(c2)CCC3)n1. The van der Waals surface area contributed by atoms with Gasteiger partial charge in [-0.2, -0.15) is 4.98 Å². The fraction of sp³-hybridized carbons (Fsp3) is 0.500. The van der Waals surface area contributed by atoms with E-state index in [0.29, 0.717) is 11.7 Å². The fourth-order valence-electron chi connectivity index (χ4n) is 2.81. The van der Waals surface area contributed by atoms with Crippen molar-refractivity contribution in [2.45, 2.75) is 51.5 Å². The zero-order valence-corrected chi connectivity index (χ0v) is 12.1. The van der Waals surface area contributed by atoms with Crippen LogP contribution in [-0.2, 0) is 18.4 Å². The van der Waals surface area contributed by atoms with Gasteiger partial charge in [0.15, 0.2) is 5.82 Å². The molecule has 0 aliphatic heterocycles.